The number of amides is 1. The molecule has 0 bridgehead atoms. The van der Waals surface area contributed by atoms with Crippen LogP contribution in [0.1, 0.15) is 165 Å². The molecular formula is C124H157F2N5O16. The summed E-state index contributed by atoms with van der Waals surface area (Å²) in [7, 11) is 6.89. The van der Waals surface area contributed by atoms with Crippen LogP contribution >= 0.6 is 0 Å². The number of nitrogens with zero attached hydrogens (tertiary/aromatic N) is 5. The Hall–Kier alpha value is -12.9. The molecule has 23 heteroatoms. The zero-order valence-corrected chi connectivity index (χ0v) is 89.5. The van der Waals surface area contributed by atoms with Crippen molar-refractivity contribution in [2.24, 2.45) is 17.8 Å². The minimum atomic E-state index is -0.422. The van der Waals surface area contributed by atoms with Gasteiger partial charge in [-0.05, 0) is 266 Å². The van der Waals surface area contributed by atoms with Crippen molar-refractivity contribution in [1.29, 1.82) is 5.26 Å². The van der Waals surface area contributed by atoms with E-state index in [-0.39, 0.29) is 29.6 Å². The first kappa shape index (κ1) is 118. The average molecular weight is 2010 g/mol. The van der Waals surface area contributed by atoms with Crippen LogP contribution in [-0.2, 0) is 39.6 Å². The predicted molar refractivity (Wildman–Crippen MR) is 583 cm³/mol. The lowest BCUT2D eigenvalue weighted by atomic mass is 9.99. The fourth-order valence-corrected chi connectivity index (χ4v) is 15.7. The van der Waals surface area contributed by atoms with E-state index in [1.54, 1.807) is 53.0 Å². The third-order valence-corrected chi connectivity index (χ3v) is 24.8. The lowest BCUT2D eigenvalue weighted by Gasteiger charge is -2.26. The summed E-state index contributed by atoms with van der Waals surface area (Å²) >= 11 is 0. The van der Waals surface area contributed by atoms with E-state index in [0.29, 0.717) is 80.4 Å². The fourth-order valence-electron chi connectivity index (χ4n) is 15.7. The molecule has 1 aromatic heterocycles. The van der Waals surface area contributed by atoms with E-state index in [2.05, 4.69) is 139 Å². The van der Waals surface area contributed by atoms with Gasteiger partial charge in [-0.25, -0.2) is 18.7 Å². The first-order chi connectivity index (χ1) is 71.2. The molecular weight excluding hydrogens is 1850 g/mol. The molecule has 5 fully saturated rings. The lowest BCUT2D eigenvalue weighted by Crippen LogP contribution is -2.38. The zero-order chi connectivity index (χ0) is 105. The highest BCUT2D eigenvalue weighted by Gasteiger charge is 2.38. The molecule has 3 saturated heterocycles. The first-order valence-corrected chi connectivity index (χ1v) is 51.7. The molecule has 17 rings (SSSR count). The number of methoxy groups -OCH3 is 4. The summed E-state index contributed by atoms with van der Waals surface area (Å²) in [6.45, 7) is 35.9. The monoisotopic (exact) mass is 2010 g/mol. The molecule has 1 amide bonds. The smallest absolute Gasteiger partial charge is 0.321 e. The molecule has 3 aliphatic heterocycles. The third kappa shape index (κ3) is 47.2. The summed E-state index contributed by atoms with van der Waals surface area (Å²) in [5.74, 6) is 9.30. The molecule has 21 nitrogen and oxygen atoms in total. The summed E-state index contributed by atoms with van der Waals surface area (Å²) in [6, 6.07) is 85.3. The van der Waals surface area contributed by atoms with Gasteiger partial charge in [-0.15, -0.1) is 0 Å². The predicted octanol–water partition coefficient (Wildman–Crippen LogP) is 27.5. The zero-order valence-electron chi connectivity index (χ0n) is 89.5. The number of likely N-dealkylation sites (tertiary alicyclic amines) is 1. The van der Waals surface area contributed by atoms with Crippen LogP contribution < -0.4 is 47.5 Å². The van der Waals surface area contributed by atoms with Crippen LogP contribution in [0.5, 0.6) is 63.5 Å². The largest absolute Gasteiger partial charge is 0.494 e. The first-order valence-electron chi connectivity index (χ1n) is 51.7. The minimum absolute atomic E-state index is 0.00428. The van der Waals surface area contributed by atoms with Gasteiger partial charge in [0.15, 0.2) is 0 Å². The SMILES string of the molecule is CCc1cnc(Oc2ccc(C)cc2)nc1.COC1CC1COc1ccc(C)cc1.COCC(C)COc1ccc(C)cc1.COCCCCOc1ccc(C)cc1.COCCCOc1ccc(C)cc1.Cc1ccc(OC2CCN(C(=O)C3CCOCC3)C2)cc1.Cc1ccc(OC2CCN(c3cc(F)ccc3F)C2)cc1.Cc1ccc(OCCCOC2(C)CCCC2)cc1.Cc1ccc(Oc2cccc(C#N)c2)cc1. The van der Waals surface area contributed by atoms with Crippen LogP contribution in [0.4, 0.5) is 14.5 Å². The van der Waals surface area contributed by atoms with E-state index >= 15 is 0 Å². The Balaban J connectivity index is 0.000000185. The van der Waals surface area contributed by atoms with E-state index in [4.69, 9.17) is 76.3 Å². The molecule has 2 aliphatic carbocycles. The quantitative estimate of drug-likeness (QED) is 0.0331. The van der Waals surface area contributed by atoms with Crippen LogP contribution in [0, 0.1) is 103 Å². The van der Waals surface area contributed by atoms with E-state index in [1.807, 2.05) is 200 Å². The van der Waals surface area contributed by atoms with Crippen LogP contribution in [0.15, 0.2) is 273 Å². The molecule has 0 radical (unpaired) electrons. The van der Waals surface area contributed by atoms with Gasteiger partial charge in [-0.1, -0.05) is 192 Å². The number of rotatable bonds is 37. The molecule has 12 aromatic rings. The summed E-state index contributed by atoms with van der Waals surface area (Å²) in [5.41, 5.74) is 13.3. The summed E-state index contributed by atoms with van der Waals surface area (Å²) in [5, 5.41) is 8.76. The van der Waals surface area contributed by atoms with Gasteiger partial charge < -0.3 is 80.9 Å². The minimum Gasteiger partial charge on any atom is -0.494 e. The second kappa shape index (κ2) is 66.3. The number of unbranched alkanes of at least 4 members (excludes halogenated alkanes) is 1. The van der Waals surface area contributed by atoms with Gasteiger partial charge in [0.25, 0.3) is 0 Å². The Morgan fingerprint density at radius 3 is 1.33 bits per heavy atom. The topological polar surface area (TPSA) is 212 Å². The lowest BCUT2D eigenvalue weighted by molar-refractivity contribution is -0.137. The van der Waals surface area contributed by atoms with Gasteiger partial charge in [0.2, 0.25) is 5.91 Å². The second-order valence-electron chi connectivity index (χ2n) is 38.1. The highest BCUT2D eigenvalue weighted by molar-refractivity contribution is 5.79. The van der Waals surface area contributed by atoms with E-state index in [1.165, 1.54) is 87.9 Å². The summed E-state index contributed by atoms with van der Waals surface area (Å²) in [4.78, 5) is 24.5. The summed E-state index contributed by atoms with van der Waals surface area (Å²) in [6.07, 6.45) is 18.7. The van der Waals surface area contributed by atoms with Crippen molar-refractivity contribution < 1.29 is 84.6 Å². The van der Waals surface area contributed by atoms with Crippen molar-refractivity contribution >= 4 is 11.6 Å². The van der Waals surface area contributed by atoms with Crippen molar-refractivity contribution in [2.75, 3.05) is 132 Å². The number of halogens is 2. The van der Waals surface area contributed by atoms with E-state index in [0.717, 1.165) is 187 Å². The van der Waals surface area contributed by atoms with Gasteiger partial charge >= 0.3 is 6.01 Å². The number of ether oxygens (including phenoxy) is 15. The number of carbonyl (C=O) groups is 1. The van der Waals surface area contributed by atoms with Gasteiger partial charge in [0.1, 0.15) is 81.3 Å². The summed E-state index contributed by atoms with van der Waals surface area (Å²) < 4.78 is 109. The van der Waals surface area contributed by atoms with Crippen molar-refractivity contribution in [3.8, 4) is 69.6 Å². The number of benzene rings is 11. The van der Waals surface area contributed by atoms with Crippen molar-refractivity contribution in [2.45, 2.75) is 197 Å². The number of aromatic nitrogens is 2. The fraction of sp³-hybridized carbons (Fsp3) is 0.419. The normalized spacial score (nSPS) is 15.6. The molecule has 5 unspecified atom stereocenters. The Morgan fingerprint density at radius 2 is 0.878 bits per heavy atom. The molecule has 2 saturated carbocycles. The number of nitriles is 1. The van der Waals surface area contributed by atoms with Crippen molar-refractivity contribution in [3.05, 3.63) is 346 Å². The highest BCUT2D eigenvalue weighted by atomic mass is 19.1. The maximum absolute atomic E-state index is 13.8. The van der Waals surface area contributed by atoms with Crippen molar-refractivity contribution in [3.63, 3.8) is 0 Å². The van der Waals surface area contributed by atoms with Crippen LogP contribution in [0.3, 0.4) is 0 Å². The molecule has 4 heterocycles. The maximum Gasteiger partial charge on any atom is 0.321 e. The maximum atomic E-state index is 13.8. The molecule has 0 spiro atoms. The molecule has 5 aliphatic rings. The molecule has 0 N–H and O–H groups in total. The van der Waals surface area contributed by atoms with Gasteiger partial charge in [0, 0.05) is 130 Å². The number of aryl methyl sites for hydroxylation is 10. The highest BCUT2D eigenvalue weighted by Crippen LogP contribution is 2.36. The Bertz CT molecular complexity index is 5590. The Morgan fingerprint density at radius 1 is 0.456 bits per heavy atom. The third-order valence-electron chi connectivity index (χ3n) is 24.8. The van der Waals surface area contributed by atoms with Crippen LogP contribution in [0.25, 0.3) is 0 Å². The molecule has 147 heavy (non-hydrogen) atoms. The average Bonchev–Trinajstić information content (AvgIpc) is 1.71. The number of hydrogen-bond acceptors (Lipinski definition) is 20. The second-order valence-corrected chi connectivity index (χ2v) is 38.1. The standard InChI is InChI=1S/C17H17F2NO.C17H23NO3.C16H24O2.C14H11NO.C13H14N2O.C12H16O2.2C12H18O2.C11H16O2/c1-12-2-5-14(6-3-12)21-15-8-9-20(11-15)17-10-13(18)4-7-16(17)19;1-13-2-4-15(5-3-13)21-16-6-9-18(12-16)17(19)14-7-10-20-11-8-14;1-14-6-8-15(9-7-14)17-12-5-13-18-16(2)10-3-4-11-16;1-11-5-7-13(8-6-11)16-14-4-2-3-12(9-14)10-15;1-3-11-8-14-13(15-9-11)16-12-6-4-10(2)5-7-12;1-9-3-5-11(6-4-9)14-8-10-7-12(10)13-2;1-10-4-6-12(7-5-10)14-9-11(2)8-13-3;1-11-5-7-12(8-6-11)14-10-4-3-9-13-2;1-10-4-6-11(7-5-10)13-9-3-8-12-2/h2-7,10,15H,8-9,11H2,1H3;2-5,14,16H,6-12H2,1H3;6-9H,3-5,10-13H2,1-2H3;2-9H,1H3;4-9H,3H2,1-2H3;3-6,10,12H,7-8H2,1-2H3;4-7,11H,8-9H2,1-3H3;5-8H,3-4,9-10H2,1-2H3;4-7H,3,8-9H2,1-2H3. The van der Waals surface area contributed by atoms with Crippen LogP contribution in [-0.4, -0.2) is 172 Å². The van der Waals surface area contributed by atoms with Crippen molar-refractivity contribution in [1.82, 2.24) is 14.9 Å². The van der Waals surface area contributed by atoms with Gasteiger partial charge in [0.05, 0.1) is 88.4 Å². The Kier molecular flexibility index (Phi) is 53.1. The number of carbonyl (C=O) groups excluding carboxylic acids is 1. The number of hydrogen-bond donors (Lipinski definition) is 0. The van der Waals surface area contributed by atoms with E-state index in [9.17, 15) is 13.6 Å². The molecule has 788 valence electrons. The van der Waals surface area contributed by atoms with Gasteiger partial charge in [-0.2, -0.15) is 5.26 Å². The van der Waals surface area contributed by atoms with Crippen LogP contribution in [0.2, 0.25) is 0 Å². The molecule has 11 aromatic carbocycles. The molecule has 5 atom stereocenters. The Labute approximate surface area is 873 Å². The van der Waals surface area contributed by atoms with E-state index < -0.39 is 11.6 Å². The van der Waals surface area contributed by atoms with Gasteiger partial charge in [-0.3, -0.25) is 4.79 Å². The number of anilines is 1.